The van der Waals surface area contributed by atoms with Crippen molar-refractivity contribution < 1.29 is 9.90 Å². The number of thioether (sulfide) groups is 1. The van der Waals surface area contributed by atoms with E-state index in [1.165, 1.54) is 0 Å². The Morgan fingerprint density at radius 3 is 3.07 bits per heavy atom. The summed E-state index contributed by atoms with van der Waals surface area (Å²) in [6.45, 7) is 1.90. The van der Waals surface area contributed by atoms with E-state index in [0.717, 1.165) is 11.3 Å². The lowest BCUT2D eigenvalue weighted by Crippen LogP contribution is -2.05. The Balaban J connectivity index is 2.43. The molecule has 15 heavy (non-hydrogen) atoms. The van der Waals surface area contributed by atoms with Gasteiger partial charge in [-0.1, -0.05) is 18.5 Å². The number of aromatic nitrogens is 1. The van der Waals surface area contributed by atoms with Crippen LogP contribution in [0.1, 0.15) is 18.9 Å². The van der Waals surface area contributed by atoms with Gasteiger partial charge in [0.15, 0.2) is 0 Å². The number of nitrogens with zero attached hydrogens (tertiary/aromatic N) is 1. The van der Waals surface area contributed by atoms with E-state index in [9.17, 15) is 4.79 Å². The van der Waals surface area contributed by atoms with Crippen LogP contribution in [0.4, 0.5) is 0 Å². The first-order valence-electron chi connectivity index (χ1n) is 4.51. The molecule has 0 aliphatic rings. The van der Waals surface area contributed by atoms with Crippen molar-refractivity contribution in [3.8, 4) is 0 Å². The van der Waals surface area contributed by atoms with Gasteiger partial charge in [-0.05, 0) is 11.6 Å². The minimum Gasteiger partial charge on any atom is -0.481 e. The van der Waals surface area contributed by atoms with Crippen LogP contribution in [0.25, 0.3) is 0 Å². The topological polar surface area (TPSA) is 50.2 Å². The molecule has 0 aromatic carbocycles. The van der Waals surface area contributed by atoms with Gasteiger partial charge in [-0.3, -0.25) is 9.78 Å². The van der Waals surface area contributed by atoms with Crippen LogP contribution < -0.4 is 0 Å². The number of aliphatic carboxylic acids is 1. The molecule has 3 nitrogen and oxygen atoms in total. The lowest BCUT2D eigenvalue weighted by Gasteiger charge is -2.08. The van der Waals surface area contributed by atoms with Crippen LogP contribution in [-0.4, -0.2) is 21.3 Å². The van der Waals surface area contributed by atoms with Crippen LogP contribution in [0.2, 0.25) is 5.02 Å². The molecule has 0 fully saturated rings. The second-order valence-corrected chi connectivity index (χ2v) is 5.02. The largest absolute Gasteiger partial charge is 0.481 e. The first kappa shape index (κ1) is 12.3. The van der Waals surface area contributed by atoms with E-state index < -0.39 is 5.97 Å². The monoisotopic (exact) mass is 245 g/mol. The predicted octanol–water partition coefficient (Wildman–Crippen LogP) is 2.83. The highest BCUT2D eigenvalue weighted by molar-refractivity contribution is 7.99. The molecule has 1 aromatic rings. The summed E-state index contributed by atoms with van der Waals surface area (Å²) >= 11 is 7.50. The van der Waals surface area contributed by atoms with Crippen molar-refractivity contribution in [3.63, 3.8) is 0 Å². The molecule has 0 spiro atoms. The van der Waals surface area contributed by atoms with Gasteiger partial charge in [-0.15, -0.1) is 0 Å². The molecule has 1 atom stereocenters. The molecule has 0 radical (unpaired) electrons. The van der Waals surface area contributed by atoms with Gasteiger partial charge in [0.05, 0.1) is 11.4 Å². The van der Waals surface area contributed by atoms with Gasteiger partial charge in [0, 0.05) is 23.4 Å². The number of carboxylic acid groups (broad SMARTS) is 1. The minimum absolute atomic E-state index is 0.0896. The van der Waals surface area contributed by atoms with Crippen molar-refractivity contribution in [3.05, 3.63) is 29.0 Å². The van der Waals surface area contributed by atoms with Crippen LogP contribution in [0, 0.1) is 0 Å². The summed E-state index contributed by atoms with van der Waals surface area (Å²) in [5.74, 6) is -0.0497. The van der Waals surface area contributed by atoms with Gasteiger partial charge >= 0.3 is 5.97 Å². The first-order valence-corrected chi connectivity index (χ1v) is 5.94. The fourth-order valence-electron chi connectivity index (χ4n) is 1.06. The van der Waals surface area contributed by atoms with Crippen molar-refractivity contribution in [1.82, 2.24) is 4.98 Å². The third-order valence-electron chi connectivity index (χ3n) is 1.84. The molecule has 0 bridgehead atoms. The maximum atomic E-state index is 10.4. The third-order valence-corrected chi connectivity index (χ3v) is 3.40. The highest BCUT2D eigenvalue weighted by Crippen LogP contribution is 2.23. The summed E-state index contributed by atoms with van der Waals surface area (Å²) in [4.78, 5) is 14.3. The Bertz CT molecular complexity index is 346. The third kappa shape index (κ3) is 4.53. The predicted molar refractivity (Wildman–Crippen MR) is 62.3 cm³/mol. The molecule has 1 unspecified atom stereocenters. The summed E-state index contributed by atoms with van der Waals surface area (Å²) in [7, 11) is 0. The number of hydrogen-bond acceptors (Lipinski definition) is 3. The zero-order valence-corrected chi connectivity index (χ0v) is 9.88. The number of carbonyl (C=O) groups is 1. The van der Waals surface area contributed by atoms with E-state index in [1.807, 2.05) is 13.0 Å². The SMILES string of the molecule is CC(CC(=O)O)SCc1ccncc1Cl. The van der Waals surface area contributed by atoms with Crippen molar-refractivity contribution >= 4 is 29.3 Å². The van der Waals surface area contributed by atoms with Crippen LogP contribution in [0.5, 0.6) is 0 Å². The highest BCUT2D eigenvalue weighted by atomic mass is 35.5. The Kier molecular flexibility index (Phi) is 4.91. The van der Waals surface area contributed by atoms with Crippen LogP contribution in [0.3, 0.4) is 0 Å². The molecule has 1 aromatic heterocycles. The molecule has 0 aliphatic heterocycles. The molecule has 0 saturated carbocycles. The second-order valence-electron chi connectivity index (χ2n) is 3.19. The standard InChI is InChI=1S/C10H12ClNO2S/c1-7(4-10(13)14)15-6-8-2-3-12-5-9(8)11/h2-3,5,7H,4,6H2,1H3,(H,13,14). The Hall–Kier alpha value is -0.740. The molecule has 1 heterocycles. The van der Waals surface area contributed by atoms with Gasteiger partial charge in [0.25, 0.3) is 0 Å². The summed E-state index contributed by atoms with van der Waals surface area (Å²) in [6.07, 6.45) is 3.45. The fraction of sp³-hybridized carbons (Fsp3) is 0.400. The first-order chi connectivity index (χ1) is 7.09. The van der Waals surface area contributed by atoms with Gasteiger partial charge in [-0.25, -0.2) is 0 Å². The zero-order valence-electron chi connectivity index (χ0n) is 8.31. The van der Waals surface area contributed by atoms with Crippen molar-refractivity contribution in [1.29, 1.82) is 0 Å². The smallest absolute Gasteiger partial charge is 0.304 e. The summed E-state index contributed by atoms with van der Waals surface area (Å²) in [5.41, 5.74) is 0.994. The van der Waals surface area contributed by atoms with Gasteiger partial charge < -0.3 is 5.11 Å². The normalized spacial score (nSPS) is 12.4. The molecule has 0 aliphatic carbocycles. The highest BCUT2D eigenvalue weighted by Gasteiger charge is 2.09. The van der Waals surface area contributed by atoms with E-state index in [1.54, 1.807) is 24.2 Å². The Morgan fingerprint density at radius 2 is 2.47 bits per heavy atom. The van der Waals surface area contributed by atoms with E-state index in [-0.39, 0.29) is 11.7 Å². The zero-order chi connectivity index (χ0) is 11.3. The second kappa shape index (κ2) is 5.98. The lowest BCUT2D eigenvalue weighted by molar-refractivity contribution is -0.136. The van der Waals surface area contributed by atoms with Crippen molar-refractivity contribution in [2.75, 3.05) is 0 Å². The molecular formula is C10H12ClNO2S. The van der Waals surface area contributed by atoms with E-state index in [2.05, 4.69) is 4.98 Å². The lowest BCUT2D eigenvalue weighted by atomic mass is 10.3. The van der Waals surface area contributed by atoms with E-state index >= 15 is 0 Å². The quantitative estimate of drug-likeness (QED) is 0.867. The average molecular weight is 246 g/mol. The Morgan fingerprint density at radius 1 is 1.73 bits per heavy atom. The molecular weight excluding hydrogens is 234 g/mol. The number of rotatable bonds is 5. The molecule has 1 N–H and O–H groups in total. The summed E-state index contributed by atoms with van der Waals surface area (Å²) in [5, 5.41) is 9.31. The van der Waals surface area contributed by atoms with Crippen LogP contribution in [0.15, 0.2) is 18.5 Å². The van der Waals surface area contributed by atoms with Crippen LogP contribution >= 0.6 is 23.4 Å². The van der Waals surface area contributed by atoms with Gasteiger partial charge in [0.1, 0.15) is 0 Å². The van der Waals surface area contributed by atoms with E-state index in [4.69, 9.17) is 16.7 Å². The molecule has 0 saturated heterocycles. The van der Waals surface area contributed by atoms with Crippen LogP contribution in [-0.2, 0) is 10.5 Å². The fourth-order valence-corrected chi connectivity index (χ4v) is 2.30. The minimum atomic E-state index is -0.768. The number of carboxylic acids is 1. The summed E-state index contributed by atoms with van der Waals surface area (Å²) < 4.78 is 0. The van der Waals surface area contributed by atoms with E-state index in [0.29, 0.717) is 5.02 Å². The number of halogens is 1. The molecule has 5 heteroatoms. The average Bonchev–Trinajstić information content (AvgIpc) is 2.15. The Labute approximate surface area is 97.9 Å². The maximum absolute atomic E-state index is 10.4. The molecule has 0 amide bonds. The molecule has 1 rings (SSSR count). The van der Waals surface area contributed by atoms with Crippen molar-refractivity contribution in [2.24, 2.45) is 0 Å². The van der Waals surface area contributed by atoms with Gasteiger partial charge in [-0.2, -0.15) is 11.8 Å². The summed E-state index contributed by atoms with van der Waals surface area (Å²) in [6, 6.07) is 1.85. The van der Waals surface area contributed by atoms with Gasteiger partial charge in [0.2, 0.25) is 0 Å². The van der Waals surface area contributed by atoms with Crippen molar-refractivity contribution in [2.45, 2.75) is 24.3 Å². The molecule has 82 valence electrons. The number of hydrogen-bond donors (Lipinski definition) is 1. The maximum Gasteiger partial charge on any atom is 0.304 e. The number of pyridine rings is 1.